The number of ether oxygens (including phenoxy) is 1. The fourth-order valence-corrected chi connectivity index (χ4v) is 2.95. The zero-order valence-electron chi connectivity index (χ0n) is 12.4. The van der Waals surface area contributed by atoms with Gasteiger partial charge in [0.2, 0.25) is 0 Å². The van der Waals surface area contributed by atoms with E-state index in [1.165, 1.54) is 31.2 Å². The van der Waals surface area contributed by atoms with Crippen LogP contribution in [0, 0.1) is 0 Å². The molecule has 2 rings (SSSR count). The molecule has 0 aliphatic heterocycles. The van der Waals surface area contributed by atoms with Crippen molar-refractivity contribution in [3.8, 4) is 5.75 Å². The van der Waals surface area contributed by atoms with Gasteiger partial charge in [0.05, 0.1) is 17.2 Å². The third-order valence-corrected chi connectivity index (χ3v) is 4.37. The lowest BCUT2D eigenvalue weighted by atomic mass is 10.2. The maximum atomic E-state index is 12.3. The lowest BCUT2D eigenvalue weighted by molar-refractivity contribution is 0.101. The molecule has 0 unspecified atom stereocenters. The number of benzene rings is 2. The molecule has 0 aliphatic rings. The van der Waals surface area contributed by atoms with Gasteiger partial charge in [0.15, 0.2) is 5.78 Å². The number of anilines is 1. The van der Waals surface area contributed by atoms with Crippen LogP contribution in [0.5, 0.6) is 5.75 Å². The molecule has 0 amide bonds. The Kier molecular flexibility index (Phi) is 4.82. The van der Waals surface area contributed by atoms with Crippen molar-refractivity contribution in [2.75, 3.05) is 11.3 Å². The number of carbonyl (C=O) groups excluding carboxylic acids is 1. The Balaban J connectivity index is 2.23. The fraction of sp³-hybridized carbons (Fsp3) is 0.188. The first-order valence-corrected chi connectivity index (χ1v) is 8.27. The third-order valence-electron chi connectivity index (χ3n) is 2.97. The van der Waals surface area contributed by atoms with Crippen LogP contribution >= 0.6 is 0 Å². The van der Waals surface area contributed by atoms with Gasteiger partial charge in [0, 0.05) is 11.6 Å². The summed E-state index contributed by atoms with van der Waals surface area (Å²) < 4.78 is 32.5. The van der Waals surface area contributed by atoms with Crippen molar-refractivity contribution in [1.29, 1.82) is 0 Å². The van der Waals surface area contributed by atoms with Crippen molar-refractivity contribution in [2.45, 2.75) is 18.7 Å². The number of hydrogen-bond donors (Lipinski definition) is 1. The second kappa shape index (κ2) is 6.62. The Hall–Kier alpha value is -2.34. The Bertz CT molecular complexity index is 767. The number of rotatable bonds is 6. The summed E-state index contributed by atoms with van der Waals surface area (Å²) in [6, 6.07) is 12.5. The molecule has 116 valence electrons. The summed E-state index contributed by atoms with van der Waals surface area (Å²) in [5.74, 6) is 0.482. The highest BCUT2D eigenvalue weighted by Crippen LogP contribution is 2.21. The average molecular weight is 319 g/mol. The zero-order valence-corrected chi connectivity index (χ0v) is 13.2. The van der Waals surface area contributed by atoms with E-state index < -0.39 is 10.0 Å². The first-order valence-electron chi connectivity index (χ1n) is 6.79. The molecule has 0 atom stereocenters. The molecule has 0 fully saturated rings. The van der Waals surface area contributed by atoms with Crippen LogP contribution in [0.2, 0.25) is 0 Å². The molecule has 0 saturated heterocycles. The molecule has 0 saturated carbocycles. The van der Waals surface area contributed by atoms with Crippen LogP contribution in [0.4, 0.5) is 5.69 Å². The summed E-state index contributed by atoms with van der Waals surface area (Å²) in [6.45, 7) is 3.79. The van der Waals surface area contributed by atoms with Gasteiger partial charge in [-0.3, -0.25) is 9.52 Å². The molecule has 22 heavy (non-hydrogen) atoms. The molecule has 1 N–H and O–H groups in total. The van der Waals surface area contributed by atoms with E-state index in [0.717, 1.165) is 0 Å². The molecule has 2 aromatic carbocycles. The van der Waals surface area contributed by atoms with Gasteiger partial charge in [0.1, 0.15) is 5.75 Å². The minimum absolute atomic E-state index is 0.0966. The first kappa shape index (κ1) is 16.0. The highest BCUT2D eigenvalue weighted by molar-refractivity contribution is 7.92. The van der Waals surface area contributed by atoms with E-state index in [-0.39, 0.29) is 10.7 Å². The summed E-state index contributed by atoms with van der Waals surface area (Å²) in [5, 5.41) is 0. The summed E-state index contributed by atoms with van der Waals surface area (Å²) >= 11 is 0. The van der Waals surface area contributed by atoms with Gasteiger partial charge in [-0.05, 0) is 38.1 Å². The van der Waals surface area contributed by atoms with Crippen molar-refractivity contribution in [3.63, 3.8) is 0 Å². The number of sulfonamides is 1. The average Bonchev–Trinajstić information content (AvgIpc) is 2.47. The van der Waals surface area contributed by atoms with Gasteiger partial charge < -0.3 is 4.74 Å². The quantitative estimate of drug-likeness (QED) is 0.830. The summed E-state index contributed by atoms with van der Waals surface area (Å²) in [4.78, 5) is 11.3. The Morgan fingerprint density at radius 2 is 1.82 bits per heavy atom. The first-order chi connectivity index (χ1) is 10.4. The van der Waals surface area contributed by atoms with E-state index in [2.05, 4.69) is 4.72 Å². The number of Topliss-reactive ketones (excluding diaryl/α,β-unsaturated/α-hetero) is 1. The maximum Gasteiger partial charge on any atom is 0.261 e. The SMILES string of the molecule is CCOc1cccc(NS(=O)(=O)c2ccc(C(C)=O)cc2)c1. The van der Waals surface area contributed by atoms with Crippen LogP contribution in [-0.2, 0) is 10.0 Å². The number of ketones is 1. The Morgan fingerprint density at radius 1 is 1.14 bits per heavy atom. The minimum Gasteiger partial charge on any atom is -0.494 e. The van der Waals surface area contributed by atoms with Crippen molar-refractivity contribution in [1.82, 2.24) is 0 Å². The zero-order chi connectivity index (χ0) is 16.2. The largest absolute Gasteiger partial charge is 0.494 e. The van der Waals surface area contributed by atoms with E-state index in [4.69, 9.17) is 4.74 Å². The van der Waals surface area contributed by atoms with E-state index in [1.807, 2.05) is 6.92 Å². The van der Waals surface area contributed by atoms with Gasteiger partial charge in [-0.15, -0.1) is 0 Å². The number of hydrogen-bond acceptors (Lipinski definition) is 4. The Morgan fingerprint density at radius 3 is 2.41 bits per heavy atom. The Labute approximate surface area is 130 Å². The lowest BCUT2D eigenvalue weighted by Gasteiger charge is -2.10. The molecule has 2 aromatic rings. The summed E-state index contributed by atoms with van der Waals surface area (Å²) in [6.07, 6.45) is 0. The molecule has 6 heteroatoms. The van der Waals surface area contributed by atoms with Crippen LogP contribution in [0.1, 0.15) is 24.2 Å². The predicted molar refractivity (Wildman–Crippen MR) is 84.9 cm³/mol. The summed E-state index contributed by atoms with van der Waals surface area (Å²) in [7, 11) is -3.70. The van der Waals surface area contributed by atoms with Crippen molar-refractivity contribution in [2.24, 2.45) is 0 Å². The van der Waals surface area contributed by atoms with Crippen molar-refractivity contribution < 1.29 is 17.9 Å². The predicted octanol–water partition coefficient (Wildman–Crippen LogP) is 3.09. The topological polar surface area (TPSA) is 72.5 Å². The minimum atomic E-state index is -3.70. The van der Waals surface area contributed by atoms with Crippen LogP contribution in [0.15, 0.2) is 53.4 Å². The van der Waals surface area contributed by atoms with Gasteiger partial charge in [-0.2, -0.15) is 0 Å². The van der Waals surface area contributed by atoms with Crippen LogP contribution in [0.3, 0.4) is 0 Å². The fourth-order valence-electron chi connectivity index (χ4n) is 1.90. The third kappa shape index (κ3) is 3.85. The molecule has 0 radical (unpaired) electrons. The molecule has 0 bridgehead atoms. The summed E-state index contributed by atoms with van der Waals surface area (Å²) in [5.41, 5.74) is 0.888. The molecule has 5 nitrogen and oxygen atoms in total. The second-order valence-electron chi connectivity index (χ2n) is 4.65. The lowest BCUT2D eigenvalue weighted by Crippen LogP contribution is -2.13. The van der Waals surface area contributed by atoms with E-state index in [0.29, 0.717) is 23.6 Å². The smallest absolute Gasteiger partial charge is 0.261 e. The second-order valence-corrected chi connectivity index (χ2v) is 6.33. The molecule has 0 heterocycles. The van der Waals surface area contributed by atoms with Gasteiger partial charge >= 0.3 is 0 Å². The van der Waals surface area contributed by atoms with E-state index >= 15 is 0 Å². The van der Waals surface area contributed by atoms with E-state index in [1.54, 1.807) is 24.3 Å². The molecule has 0 aromatic heterocycles. The highest BCUT2D eigenvalue weighted by atomic mass is 32.2. The molecule has 0 spiro atoms. The highest BCUT2D eigenvalue weighted by Gasteiger charge is 2.14. The molecule has 0 aliphatic carbocycles. The standard InChI is InChI=1S/C16H17NO4S/c1-3-21-15-6-4-5-14(11-15)17-22(19,20)16-9-7-13(8-10-16)12(2)18/h4-11,17H,3H2,1-2H3. The van der Waals surface area contributed by atoms with Crippen LogP contribution < -0.4 is 9.46 Å². The van der Waals surface area contributed by atoms with Crippen molar-refractivity contribution in [3.05, 3.63) is 54.1 Å². The van der Waals surface area contributed by atoms with Gasteiger partial charge in [-0.1, -0.05) is 18.2 Å². The maximum absolute atomic E-state index is 12.3. The molecular formula is C16H17NO4S. The van der Waals surface area contributed by atoms with Crippen LogP contribution in [0.25, 0.3) is 0 Å². The number of nitrogens with one attached hydrogen (secondary N) is 1. The normalized spacial score (nSPS) is 11.0. The number of carbonyl (C=O) groups is 1. The monoisotopic (exact) mass is 319 g/mol. The molecular weight excluding hydrogens is 302 g/mol. The van der Waals surface area contributed by atoms with Crippen molar-refractivity contribution >= 4 is 21.5 Å². The van der Waals surface area contributed by atoms with Crippen LogP contribution in [-0.4, -0.2) is 20.8 Å². The van der Waals surface area contributed by atoms with E-state index in [9.17, 15) is 13.2 Å². The van der Waals surface area contributed by atoms with Gasteiger partial charge in [-0.25, -0.2) is 8.42 Å². The van der Waals surface area contributed by atoms with Gasteiger partial charge in [0.25, 0.3) is 10.0 Å².